The van der Waals surface area contributed by atoms with Crippen molar-refractivity contribution in [2.75, 3.05) is 6.54 Å². The fourth-order valence-electron chi connectivity index (χ4n) is 2.68. The number of carbonyl (C=O) groups excluding carboxylic acids is 1. The maximum absolute atomic E-state index is 13.3. The Labute approximate surface area is 124 Å². The number of hydrogen-bond acceptors (Lipinski definition) is 1. The van der Waals surface area contributed by atoms with E-state index >= 15 is 0 Å². The molecule has 5 heteroatoms. The average Bonchev–Trinajstić information content (AvgIpc) is 3.10. The Balaban J connectivity index is 1.87. The lowest BCUT2D eigenvalue weighted by molar-refractivity contribution is 0.0733. The van der Waals surface area contributed by atoms with Crippen LogP contribution in [0.25, 0.3) is 0 Å². The molecule has 104 valence electrons. The zero-order valence-electron chi connectivity index (χ0n) is 10.8. The predicted octanol–water partition coefficient (Wildman–Crippen LogP) is 3.89. The van der Waals surface area contributed by atoms with Crippen LogP contribution in [0.2, 0.25) is 0 Å². The summed E-state index contributed by atoms with van der Waals surface area (Å²) < 4.78 is 13.6. The number of nitrogens with one attached hydrogen (secondary N) is 1. The summed E-state index contributed by atoms with van der Waals surface area (Å²) in [7, 11) is 0. The molecule has 0 radical (unpaired) electrons. The van der Waals surface area contributed by atoms with Crippen LogP contribution in [-0.4, -0.2) is 22.3 Å². The summed E-state index contributed by atoms with van der Waals surface area (Å²) >= 11 is 3.12. The van der Waals surface area contributed by atoms with E-state index in [1.54, 1.807) is 6.07 Å². The van der Waals surface area contributed by atoms with Gasteiger partial charge in [0.1, 0.15) is 5.82 Å². The van der Waals surface area contributed by atoms with Gasteiger partial charge in [-0.1, -0.05) is 0 Å². The highest BCUT2D eigenvalue weighted by Gasteiger charge is 2.31. The number of nitrogens with zero attached hydrogens (tertiary/aromatic N) is 1. The molecule has 1 aliphatic heterocycles. The fourth-order valence-corrected chi connectivity index (χ4v) is 3.06. The molecule has 20 heavy (non-hydrogen) atoms. The van der Waals surface area contributed by atoms with Crippen molar-refractivity contribution in [3.8, 4) is 0 Å². The number of likely N-dealkylation sites (tertiary alicyclic amines) is 1. The molecule has 0 bridgehead atoms. The van der Waals surface area contributed by atoms with E-state index < -0.39 is 0 Å². The first-order chi connectivity index (χ1) is 9.66. The molecule has 0 aliphatic carbocycles. The van der Waals surface area contributed by atoms with Gasteiger partial charge in [-0.15, -0.1) is 0 Å². The molecule has 3 nitrogen and oxygen atoms in total. The second-order valence-corrected chi connectivity index (χ2v) is 5.77. The van der Waals surface area contributed by atoms with Gasteiger partial charge in [-0.25, -0.2) is 4.39 Å². The number of halogens is 2. The standard InChI is InChI=1S/C15H14BrFN2O/c16-11-9-10(5-6-12(11)17)15(20)19-8-2-4-14(19)13-3-1-7-18-13/h1,3,5-7,9,14,18H,2,4,8H2. The van der Waals surface area contributed by atoms with Crippen molar-refractivity contribution < 1.29 is 9.18 Å². The number of H-pyrrole nitrogens is 1. The molecule has 1 aromatic heterocycles. The number of amides is 1. The molecule has 2 heterocycles. The molecule has 1 N–H and O–H groups in total. The molecule has 0 spiro atoms. The van der Waals surface area contributed by atoms with E-state index in [0.29, 0.717) is 10.0 Å². The van der Waals surface area contributed by atoms with Gasteiger partial charge in [0.15, 0.2) is 0 Å². The van der Waals surface area contributed by atoms with Crippen LogP contribution in [0.1, 0.15) is 34.9 Å². The molecule has 2 aromatic rings. The number of rotatable bonds is 2. The largest absolute Gasteiger partial charge is 0.363 e. The molecular formula is C15H14BrFN2O. The Hall–Kier alpha value is -1.62. The molecule has 1 aliphatic rings. The molecule has 0 saturated carbocycles. The van der Waals surface area contributed by atoms with Gasteiger partial charge >= 0.3 is 0 Å². The molecule has 1 aromatic carbocycles. The van der Waals surface area contributed by atoms with Crippen molar-refractivity contribution in [2.24, 2.45) is 0 Å². The lowest BCUT2D eigenvalue weighted by Crippen LogP contribution is -2.30. The highest BCUT2D eigenvalue weighted by molar-refractivity contribution is 9.10. The van der Waals surface area contributed by atoms with Gasteiger partial charge in [0.25, 0.3) is 5.91 Å². The monoisotopic (exact) mass is 336 g/mol. The average molecular weight is 337 g/mol. The van der Waals surface area contributed by atoms with E-state index in [1.165, 1.54) is 12.1 Å². The number of aromatic nitrogens is 1. The van der Waals surface area contributed by atoms with E-state index in [-0.39, 0.29) is 17.8 Å². The molecule has 1 fully saturated rings. The summed E-state index contributed by atoms with van der Waals surface area (Å²) in [6.45, 7) is 0.734. The predicted molar refractivity (Wildman–Crippen MR) is 77.9 cm³/mol. The summed E-state index contributed by atoms with van der Waals surface area (Å²) in [6.07, 6.45) is 3.80. The third-order valence-electron chi connectivity index (χ3n) is 3.66. The van der Waals surface area contributed by atoms with Crippen molar-refractivity contribution in [3.05, 3.63) is 58.1 Å². The molecule has 1 atom stereocenters. The van der Waals surface area contributed by atoms with Crippen molar-refractivity contribution in [2.45, 2.75) is 18.9 Å². The van der Waals surface area contributed by atoms with Crippen LogP contribution in [0.15, 0.2) is 41.0 Å². The lowest BCUT2D eigenvalue weighted by Gasteiger charge is -2.24. The van der Waals surface area contributed by atoms with Crippen molar-refractivity contribution in [1.82, 2.24) is 9.88 Å². The van der Waals surface area contributed by atoms with Gasteiger partial charge in [-0.2, -0.15) is 0 Å². The van der Waals surface area contributed by atoms with E-state index in [4.69, 9.17) is 0 Å². The van der Waals surface area contributed by atoms with Crippen LogP contribution in [0.4, 0.5) is 4.39 Å². The lowest BCUT2D eigenvalue weighted by atomic mass is 10.1. The first-order valence-corrected chi connectivity index (χ1v) is 7.35. The number of aromatic amines is 1. The van der Waals surface area contributed by atoms with Crippen LogP contribution < -0.4 is 0 Å². The Bertz CT molecular complexity index is 627. The molecule has 3 rings (SSSR count). The van der Waals surface area contributed by atoms with Crippen LogP contribution in [0.3, 0.4) is 0 Å². The summed E-state index contributed by atoms with van der Waals surface area (Å²) in [5.74, 6) is -0.410. The second-order valence-electron chi connectivity index (χ2n) is 4.91. The molecule has 1 saturated heterocycles. The van der Waals surface area contributed by atoms with Gasteiger partial charge in [0.05, 0.1) is 10.5 Å². The SMILES string of the molecule is O=C(c1ccc(F)c(Br)c1)N1CCCC1c1ccc[nH]1. The Morgan fingerprint density at radius 1 is 1.40 bits per heavy atom. The third kappa shape index (κ3) is 2.38. The fraction of sp³-hybridized carbons (Fsp3) is 0.267. The topological polar surface area (TPSA) is 36.1 Å². The maximum atomic E-state index is 13.3. The minimum absolute atomic E-state index is 0.0530. The van der Waals surface area contributed by atoms with Crippen LogP contribution in [0, 0.1) is 5.82 Å². The van der Waals surface area contributed by atoms with Gasteiger partial charge in [0.2, 0.25) is 0 Å². The zero-order valence-corrected chi connectivity index (χ0v) is 12.4. The first-order valence-electron chi connectivity index (χ1n) is 6.56. The quantitative estimate of drug-likeness (QED) is 0.887. The van der Waals surface area contributed by atoms with Crippen LogP contribution >= 0.6 is 15.9 Å². The smallest absolute Gasteiger partial charge is 0.254 e. The first kappa shape index (κ1) is 13.4. The van der Waals surface area contributed by atoms with E-state index in [0.717, 1.165) is 25.1 Å². The van der Waals surface area contributed by atoms with Gasteiger partial charge in [-0.05, 0) is 59.1 Å². The normalized spacial score (nSPS) is 18.5. The summed E-state index contributed by atoms with van der Waals surface area (Å²) in [5, 5.41) is 0. The van der Waals surface area contributed by atoms with E-state index in [2.05, 4.69) is 20.9 Å². The summed E-state index contributed by atoms with van der Waals surface area (Å²) in [6, 6.07) is 8.41. The highest BCUT2D eigenvalue weighted by Crippen LogP contribution is 2.32. The van der Waals surface area contributed by atoms with Crippen molar-refractivity contribution in [3.63, 3.8) is 0 Å². The van der Waals surface area contributed by atoms with Gasteiger partial charge in [0, 0.05) is 24.0 Å². The van der Waals surface area contributed by atoms with Gasteiger partial charge in [-0.3, -0.25) is 4.79 Å². The van der Waals surface area contributed by atoms with Crippen LogP contribution in [-0.2, 0) is 0 Å². The number of hydrogen-bond donors (Lipinski definition) is 1. The summed E-state index contributed by atoms with van der Waals surface area (Å²) in [4.78, 5) is 17.6. The van der Waals surface area contributed by atoms with Crippen molar-refractivity contribution >= 4 is 21.8 Å². The zero-order chi connectivity index (χ0) is 14.1. The summed E-state index contributed by atoms with van der Waals surface area (Å²) in [5.41, 5.74) is 1.56. The van der Waals surface area contributed by atoms with Gasteiger partial charge < -0.3 is 9.88 Å². The van der Waals surface area contributed by atoms with E-state index in [1.807, 2.05) is 23.2 Å². The Morgan fingerprint density at radius 3 is 2.95 bits per heavy atom. The number of carbonyl (C=O) groups is 1. The second kappa shape index (κ2) is 5.40. The number of benzene rings is 1. The minimum Gasteiger partial charge on any atom is -0.363 e. The third-order valence-corrected chi connectivity index (χ3v) is 4.27. The minimum atomic E-state index is -0.358. The Morgan fingerprint density at radius 2 is 2.25 bits per heavy atom. The molecule has 1 amide bonds. The van der Waals surface area contributed by atoms with Crippen LogP contribution in [0.5, 0.6) is 0 Å². The molecule has 1 unspecified atom stereocenters. The Kier molecular flexibility index (Phi) is 3.61. The maximum Gasteiger partial charge on any atom is 0.254 e. The van der Waals surface area contributed by atoms with Crippen molar-refractivity contribution in [1.29, 1.82) is 0 Å². The highest BCUT2D eigenvalue weighted by atomic mass is 79.9. The molecular weight excluding hydrogens is 323 g/mol. The van der Waals surface area contributed by atoms with E-state index in [9.17, 15) is 9.18 Å².